The topological polar surface area (TPSA) is 17.8 Å². The van der Waals surface area contributed by atoms with Gasteiger partial charge in [-0.05, 0) is 43.2 Å². The molecule has 0 radical (unpaired) electrons. The average molecular weight is 276 g/mol. The molecule has 1 heterocycles. The zero-order valence-corrected chi connectivity index (χ0v) is 12.2. The summed E-state index contributed by atoms with van der Waals surface area (Å²) < 4.78 is 2.21. The molecule has 1 aromatic heterocycles. The Bertz CT molecular complexity index is 677. The van der Waals surface area contributed by atoms with Crippen LogP contribution in [0.4, 0.5) is 0 Å². The first-order valence-corrected chi connectivity index (χ1v) is 7.94. The van der Waals surface area contributed by atoms with Gasteiger partial charge in [0.1, 0.15) is 0 Å². The molecular formula is C19H20N2. The highest BCUT2D eigenvalue weighted by Crippen LogP contribution is 2.40. The van der Waals surface area contributed by atoms with Crippen LogP contribution in [-0.2, 0) is 6.42 Å². The molecule has 2 aliphatic carbocycles. The van der Waals surface area contributed by atoms with E-state index >= 15 is 0 Å². The molecule has 0 N–H and O–H groups in total. The van der Waals surface area contributed by atoms with Gasteiger partial charge < -0.3 is 0 Å². The SMILES string of the molecule is C#CC1CCC(n2cc3c(n2)C(c2ccccc2)CC3)C1. The zero-order valence-electron chi connectivity index (χ0n) is 12.2. The standard InChI is InChI=1S/C19H20N2/c1-2-14-8-10-17(12-14)21-13-16-9-11-18(19(16)20-21)15-6-4-3-5-7-15/h1,3-7,13-14,17-18H,8-12H2. The van der Waals surface area contributed by atoms with Gasteiger partial charge in [0.2, 0.25) is 0 Å². The van der Waals surface area contributed by atoms with Crippen molar-refractivity contribution < 1.29 is 0 Å². The molecule has 2 aromatic rings. The minimum atomic E-state index is 0.443. The van der Waals surface area contributed by atoms with Gasteiger partial charge in [0, 0.05) is 18.0 Å². The summed E-state index contributed by atoms with van der Waals surface area (Å²) >= 11 is 0. The van der Waals surface area contributed by atoms with Crippen LogP contribution in [0.15, 0.2) is 36.5 Å². The maximum atomic E-state index is 5.56. The lowest BCUT2D eigenvalue weighted by molar-refractivity contribution is 0.451. The Morgan fingerprint density at radius 1 is 1.14 bits per heavy atom. The normalized spacial score (nSPS) is 27.5. The third kappa shape index (κ3) is 2.17. The first-order chi connectivity index (χ1) is 10.3. The Kier molecular flexibility index (Phi) is 3.07. The van der Waals surface area contributed by atoms with Crippen LogP contribution in [0.3, 0.4) is 0 Å². The van der Waals surface area contributed by atoms with E-state index < -0.39 is 0 Å². The van der Waals surface area contributed by atoms with Crippen LogP contribution < -0.4 is 0 Å². The van der Waals surface area contributed by atoms with Gasteiger partial charge >= 0.3 is 0 Å². The predicted molar refractivity (Wildman–Crippen MR) is 84.0 cm³/mol. The molecule has 0 spiro atoms. The quantitative estimate of drug-likeness (QED) is 0.760. The summed E-state index contributed by atoms with van der Waals surface area (Å²) in [4.78, 5) is 0. The highest BCUT2D eigenvalue weighted by atomic mass is 15.3. The van der Waals surface area contributed by atoms with Gasteiger partial charge in [0.25, 0.3) is 0 Å². The Balaban J connectivity index is 1.61. The summed E-state index contributed by atoms with van der Waals surface area (Å²) in [6, 6.07) is 11.3. The number of fused-ring (bicyclic) bond motifs is 1. The highest BCUT2D eigenvalue weighted by molar-refractivity contribution is 5.37. The van der Waals surface area contributed by atoms with E-state index in [0.717, 1.165) is 19.3 Å². The van der Waals surface area contributed by atoms with Crippen LogP contribution >= 0.6 is 0 Å². The lowest BCUT2D eigenvalue weighted by Crippen LogP contribution is -2.08. The first-order valence-electron chi connectivity index (χ1n) is 7.94. The van der Waals surface area contributed by atoms with Crippen molar-refractivity contribution in [1.29, 1.82) is 0 Å². The molecule has 0 bridgehead atoms. The molecule has 2 heteroatoms. The lowest BCUT2D eigenvalue weighted by Gasteiger charge is -2.13. The summed E-state index contributed by atoms with van der Waals surface area (Å²) in [5.74, 6) is 3.83. The Morgan fingerprint density at radius 2 is 2.00 bits per heavy atom. The van der Waals surface area contributed by atoms with E-state index in [1.807, 2.05) is 0 Å². The van der Waals surface area contributed by atoms with Crippen molar-refractivity contribution in [2.24, 2.45) is 5.92 Å². The molecule has 2 aliphatic rings. The van der Waals surface area contributed by atoms with Crippen molar-refractivity contribution in [2.45, 2.75) is 44.1 Å². The Morgan fingerprint density at radius 3 is 2.76 bits per heavy atom. The molecule has 1 fully saturated rings. The first kappa shape index (κ1) is 12.7. The number of hydrogen-bond acceptors (Lipinski definition) is 1. The van der Waals surface area contributed by atoms with Gasteiger partial charge in [-0.25, -0.2) is 0 Å². The number of hydrogen-bond donors (Lipinski definition) is 0. The van der Waals surface area contributed by atoms with E-state index in [-0.39, 0.29) is 0 Å². The molecule has 4 rings (SSSR count). The molecule has 1 aromatic carbocycles. The summed E-state index contributed by atoms with van der Waals surface area (Å²) in [5.41, 5.74) is 4.13. The van der Waals surface area contributed by atoms with E-state index in [0.29, 0.717) is 17.9 Å². The van der Waals surface area contributed by atoms with Crippen molar-refractivity contribution >= 4 is 0 Å². The minimum Gasteiger partial charge on any atom is -0.269 e. The second kappa shape index (κ2) is 5.07. The average Bonchev–Trinajstić information content (AvgIpc) is 3.22. The van der Waals surface area contributed by atoms with E-state index in [1.54, 1.807) is 0 Å². The summed E-state index contributed by atoms with van der Waals surface area (Å²) in [7, 11) is 0. The fourth-order valence-corrected chi connectivity index (χ4v) is 3.91. The number of aromatic nitrogens is 2. The Hall–Kier alpha value is -2.01. The molecular weight excluding hydrogens is 256 g/mol. The summed E-state index contributed by atoms with van der Waals surface area (Å²) in [6.07, 6.45) is 13.6. The molecule has 3 unspecified atom stereocenters. The third-order valence-electron chi connectivity index (χ3n) is 5.09. The van der Waals surface area contributed by atoms with Gasteiger partial charge in [0.15, 0.2) is 0 Å². The van der Waals surface area contributed by atoms with Gasteiger partial charge in [-0.1, -0.05) is 30.3 Å². The number of nitrogens with zero attached hydrogens (tertiary/aromatic N) is 2. The van der Waals surface area contributed by atoms with Crippen LogP contribution in [0.25, 0.3) is 0 Å². The largest absolute Gasteiger partial charge is 0.269 e. The van der Waals surface area contributed by atoms with Gasteiger partial charge in [-0.2, -0.15) is 5.10 Å². The molecule has 21 heavy (non-hydrogen) atoms. The maximum Gasteiger partial charge on any atom is 0.0731 e. The number of terminal acetylenes is 1. The van der Waals surface area contributed by atoms with E-state index in [1.165, 1.54) is 29.7 Å². The smallest absolute Gasteiger partial charge is 0.0731 e. The van der Waals surface area contributed by atoms with Crippen LogP contribution in [0.1, 0.15) is 54.5 Å². The third-order valence-corrected chi connectivity index (χ3v) is 5.09. The molecule has 1 saturated carbocycles. The fourth-order valence-electron chi connectivity index (χ4n) is 3.91. The molecule has 106 valence electrons. The van der Waals surface area contributed by atoms with E-state index in [4.69, 9.17) is 11.5 Å². The van der Waals surface area contributed by atoms with Gasteiger partial charge in [-0.15, -0.1) is 12.3 Å². The van der Waals surface area contributed by atoms with Crippen LogP contribution in [0.5, 0.6) is 0 Å². The number of benzene rings is 1. The molecule has 0 aliphatic heterocycles. The minimum absolute atomic E-state index is 0.443. The molecule has 0 saturated heterocycles. The van der Waals surface area contributed by atoms with Crippen molar-refractivity contribution in [1.82, 2.24) is 9.78 Å². The number of rotatable bonds is 2. The van der Waals surface area contributed by atoms with Crippen LogP contribution in [0, 0.1) is 18.3 Å². The molecule has 0 amide bonds. The van der Waals surface area contributed by atoms with Gasteiger partial charge in [0.05, 0.1) is 11.7 Å². The Labute approximate surface area is 126 Å². The van der Waals surface area contributed by atoms with Crippen LogP contribution in [-0.4, -0.2) is 9.78 Å². The van der Waals surface area contributed by atoms with Crippen molar-refractivity contribution in [3.8, 4) is 12.3 Å². The predicted octanol–water partition coefficient (Wildman–Crippen LogP) is 3.94. The zero-order chi connectivity index (χ0) is 14.2. The van der Waals surface area contributed by atoms with Crippen molar-refractivity contribution in [3.63, 3.8) is 0 Å². The van der Waals surface area contributed by atoms with Crippen LogP contribution in [0.2, 0.25) is 0 Å². The summed E-state index contributed by atoms with van der Waals surface area (Å²) in [5, 5.41) is 4.95. The highest BCUT2D eigenvalue weighted by Gasteiger charge is 2.31. The van der Waals surface area contributed by atoms with Crippen molar-refractivity contribution in [3.05, 3.63) is 53.3 Å². The van der Waals surface area contributed by atoms with E-state index in [9.17, 15) is 0 Å². The van der Waals surface area contributed by atoms with E-state index in [2.05, 4.69) is 47.1 Å². The maximum absolute atomic E-state index is 5.56. The molecule has 2 nitrogen and oxygen atoms in total. The summed E-state index contributed by atoms with van der Waals surface area (Å²) in [6.45, 7) is 0. The van der Waals surface area contributed by atoms with Crippen molar-refractivity contribution in [2.75, 3.05) is 0 Å². The molecule has 3 atom stereocenters. The fraction of sp³-hybridized carbons (Fsp3) is 0.421. The second-order valence-corrected chi connectivity index (χ2v) is 6.35. The number of aryl methyl sites for hydroxylation is 1. The lowest BCUT2D eigenvalue weighted by atomic mass is 9.97. The van der Waals surface area contributed by atoms with Gasteiger partial charge in [-0.3, -0.25) is 4.68 Å². The monoisotopic (exact) mass is 276 g/mol. The second-order valence-electron chi connectivity index (χ2n) is 6.35.